The summed E-state index contributed by atoms with van der Waals surface area (Å²) in [6.45, 7) is 3.35. The number of aromatic nitrogens is 3. The van der Waals surface area contributed by atoms with Crippen LogP contribution in [-0.4, -0.2) is 47.3 Å². The predicted octanol–water partition coefficient (Wildman–Crippen LogP) is 2.17. The van der Waals surface area contributed by atoms with Crippen LogP contribution in [0.2, 0.25) is 0 Å². The van der Waals surface area contributed by atoms with Crippen molar-refractivity contribution in [3.63, 3.8) is 0 Å². The molecule has 2 heterocycles. The second kappa shape index (κ2) is 6.26. The maximum Gasteiger partial charge on any atom is 0.273 e. The molecule has 0 saturated carbocycles. The molecule has 0 amide bonds. The summed E-state index contributed by atoms with van der Waals surface area (Å²) in [5.41, 5.74) is 2.71. The fourth-order valence-electron chi connectivity index (χ4n) is 2.43. The standard InChI is InChI=1S/C17H20N4O2/c1-11-16(17(22)20-19-11)15-6-4-12-10-13(5-7-14(12)18-15)23-9-8-21(2)3/h4-7,10H,8-9H2,1-3H3,(H2,19,20,22). The van der Waals surface area contributed by atoms with Gasteiger partial charge in [0.2, 0.25) is 0 Å². The highest BCUT2D eigenvalue weighted by molar-refractivity contribution is 5.83. The van der Waals surface area contributed by atoms with Crippen molar-refractivity contribution in [1.82, 2.24) is 20.1 Å². The summed E-state index contributed by atoms with van der Waals surface area (Å²) < 4.78 is 5.74. The number of rotatable bonds is 5. The van der Waals surface area contributed by atoms with Crippen LogP contribution in [0.5, 0.6) is 5.75 Å². The van der Waals surface area contributed by atoms with Crippen LogP contribution < -0.4 is 10.3 Å². The summed E-state index contributed by atoms with van der Waals surface area (Å²) in [6.07, 6.45) is 0. The third kappa shape index (κ3) is 3.27. The van der Waals surface area contributed by atoms with Gasteiger partial charge in [0, 0.05) is 17.6 Å². The number of fused-ring (bicyclic) bond motifs is 1. The van der Waals surface area contributed by atoms with Gasteiger partial charge in [0.1, 0.15) is 12.4 Å². The number of hydrogen-bond acceptors (Lipinski definition) is 4. The first kappa shape index (κ1) is 15.3. The molecule has 6 heteroatoms. The van der Waals surface area contributed by atoms with E-state index in [4.69, 9.17) is 4.74 Å². The number of nitrogens with one attached hydrogen (secondary N) is 2. The molecule has 0 radical (unpaired) electrons. The fraction of sp³-hybridized carbons (Fsp3) is 0.294. The predicted molar refractivity (Wildman–Crippen MR) is 90.9 cm³/mol. The minimum Gasteiger partial charge on any atom is -0.492 e. The lowest BCUT2D eigenvalue weighted by molar-refractivity contribution is 0.261. The van der Waals surface area contributed by atoms with Gasteiger partial charge in [0.25, 0.3) is 5.56 Å². The summed E-state index contributed by atoms with van der Waals surface area (Å²) in [5.74, 6) is 0.824. The molecule has 0 spiro atoms. The maximum atomic E-state index is 11.9. The molecule has 2 N–H and O–H groups in total. The largest absolute Gasteiger partial charge is 0.492 e. The lowest BCUT2D eigenvalue weighted by Crippen LogP contribution is -2.19. The van der Waals surface area contributed by atoms with Gasteiger partial charge in [0.05, 0.1) is 16.8 Å². The quantitative estimate of drug-likeness (QED) is 0.757. The molecule has 0 unspecified atom stereocenters. The van der Waals surface area contributed by atoms with Crippen LogP contribution in [0, 0.1) is 6.92 Å². The normalized spacial score (nSPS) is 11.3. The molecule has 0 aliphatic rings. The lowest BCUT2D eigenvalue weighted by Gasteiger charge is -2.11. The molecule has 3 aromatic rings. The van der Waals surface area contributed by atoms with Crippen LogP contribution in [0.3, 0.4) is 0 Å². The SMILES string of the molecule is Cc1[nH][nH]c(=O)c1-c1ccc2cc(OCCN(C)C)ccc2n1. The van der Waals surface area contributed by atoms with Gasteiger partial charge < -0.3 is 14.7 Å². The van der Waals surface area contributed by atoms with Crippen LogP contribution >= 0.6 is 0 Å². The van der Waals surface area contributed by atoms with Gasteiger partial charge in [-0.1, -0.05) is 6.07 Å². The van der Waals surface area contributed by atoms with E-state index in [9.17, 15) is 4.79 Å². The van der Waals surface area contributed by atoms with Crippen molar-refractivity contribution in [2.75, 3.05) is 27.2 Å². The van der Waals surface area contributed by atoms with E-state index in [0.717, 1.165) is 28.9 Å². The zero-order valence-electron chi connectivity index (χ0n) is 13.5. The van der Waals surface area contributed by atoms with E-state index in [1.807, 2.05) is 51.4 Å². The molecule has 6 nitrogen and oxygen atoms in total. The third-order valence-electron chi connectivity index (χ3n) is 3.69. The molecular weight excluding hydrogens is 292 g/mol. The number of aryl methyl sites for hydroxylation is 1. The maximum absolute atomic E-state index is 11.9. The first-order valence-corrected chi connectivity index (χ1v) is 7.50. The van der Waals surface area contributed by atoms with E-state index in [0.29, 0.717) is 17.9 Å². The number of nitrogens with zero attached hydrogens (tertiary/aromatic N) is 2. The Morgan fingerprint density at radius 2 is 2.00 bits per heavy atom. The van der Waals surface area contributed by atoms with Crippen molar-refractivity contribution >= 4 is 10.9 Å². The third-order valence-corrected chi connectivity index (χ3v) is 3.69. The molecule has 0 saturated heterocycles. The lowest BCUT2D eigenvalue weighted by atomic mass is 10.1. The average molecular weight is 312 g/mol. The van der Waals surface area contributed by atoms with Crippen molar-refractivity contribution in [1.29, 1.82) is 0 Å². The number of benzene rings is 1. The monoisotopic (exact) mass is 312 g/mol. The number of H-pyrrole nitrogens is 2. The van der Waals surface area contributed by atoms with E-state index < -0.39 is 0 Å². The number of ether oxygens (including phenoxy) is 1. The molecule has 0 bridgehead atoms. The van der Waals surface area contributed by atoms with E-state index in [1.54, 1.807) is 0 Å². The molecule has 23 heavy (non-hydrogen) atoms. The molecule has 0 atom stereocenters. The summed E-state index contributed by atoms with van der Waals surface area (Å²) in [7, 11) is 4.03. The molecule has 0 aliphatic heterocycles. The minimum absolute atomic E-state index is 0.155. The number of aromatic amines is 2. The highest BCUT2D eigenvalue weighted by atomic mass is 16.5. The summed E-state index contributed by atoms with van der Waals surface area (Å²) in [6, 6.07) is 9.61. The van der Waals surface area contributed by atoms with E-state index in [-0.39, 0.29) is 5.56 Å². The van der Waals surface area contributed by atoms with Crippen molar-refractivity contribution in [2.24, 2.45) is 0 Å². The van der Waals surface area contributed by atoms with Gasteiger partial charge in [-0.05, 0) is 45.3 Å². The average Bonchev–Trinajstić information content (AvgIpc) is 2.85. The van der Waals surface area contributed by atoms with E-state index >= 15 is 0 Å². The Morgan fingerprint density at radius 3 is 2.70 bits per heavy atom. The van der Waals surface area contributed by atoms with Crippen molar-refractivity contribution in [3.8, 4) is 17.0 Å². The number of pyridine rings is 1. The molecule has 0 fully saturated rings. The van der Waals surface area contributed by atoms with Gasteiger partial charge in [-0.15, -0.1) is 0 Å². The Morgan fingerprint density at radius 1 is 1.17 bits per heavy atom. The minimum atomic E-state index is -0.155. The Hall–Kier alpha value is -2.60. The van der Waals surface area contributed by atoms with Crippen LogP contribution in [0.25, 0.3) is 22.2 Å². The zero-order chi connectivity index (χ0) is 16.4. The van der Waals surface area contributed by atoms with Crippen LogP contribution in [0.15, 0.2) is 35.1 Å². The summed E-state index contributed by atoms with van der Waals surface area (Å²) in [5, 5.41) is 6.39. The molecular formula is C17H20N4O2. The Kier molecular flexibility index (Phi) is 4.16. The first-order valence-electron chi connectivity index (χ1n) is 7.50. The van der Waals surface area contributed by atoms with E-state index in [1.165, 1.54) is 0 Å². The van der Waals surface area contributed by atoms with Crippen molar-refractivity contribution in [3.05, 3.63) is 46.4 Å². The second-order valence-electron chi connectivity index (χ2n) is 5.78. The van der Waals surface area contributed by atoms with E-state index in [2.05, 4.69) is 20.1 Å². The van der Waals surface area contributed by atoms with Crippen molar-refractivity contribution < 1.29 is 4.74 Å². The molecule has 3 rings (SSSR count). The number of hydrogen-bond donors (Lipinski definition) is 2. The summed E-state index contributed by atoms with van der Waals surface area (Å²) in [4.78, 5) is 18.5. The first-order chi connectivity index (χ1) is 11.0. The molecule has 1 aromatic carbocycles. The smallest absolute Gasteiger partial charge is 0.273 e. The van der Waals surface area contributed by atoms with Gasteiger partial charge in [-0.25, -0.2) is 4.98 Å². The Labute approximate surface area is 134 Å². The Balaban J connectivity index is 1.89. The zero-order valence-corrected chi connectivity index (χ0v) is 13.5. The van der Waals surface area contributed by atoms with Crippen LogP contribution in [-0.2, 0) is 0 Å². The van der Waals surface area contributed by atoms with Gasteiger partial charge in [-0.3, -0.25) is 9.89 Å². The highest BCUT2D eigenvalue weighted by Gasteiger charge is 2.11. The Bertz CT molecular complexity index is 880. The second-order valence-corrected chi connectivity index (χ2v) is 5.78. The fourth-order valence-corrected chi connectivity index (χ4v) is 2.43. The molecule has 120 valence electrons. The molecule has 0 aliphatic carbocycles. The van der Waals surface area contributed by atoms with Crippen LogP contribution in [0.1, 0.15) is 5.69 Å². The highest BCUT2D eigenvalue weighted by Crippen LogP contribution is 2.23. The van der Waals surface area contributed by atoms with Crippen LogP contribution in [0.4, 0.5) is 0 Å². The number of likely N-dealkylation sites (N-methyl/N-ethyl adjacent to an activating group) is 1. The van der Waals surface area contributed by atoms with Gasteiger partial charge in [0.15, 0.2) is 0 Å². The summed E-state index contributed by atoms with van der Waals surface area (Å²) >= 11 is 0. The van der Waals surface area contributed by atoms with Crippen molar-refractivity contribution in [2.45, 2.75) is 6.92 Å². The molecule has 2 aromatic heterocycles. The van der Waals surface area contributed by atoms with Gasteiger partial charge in [-0.2, -0.15) is 0 Å². The van der Waals surface area contributed by atoms with Gasteiger partial charge >= 0.3 is 0 Å². The topological polar surface area (TPSA) is 74.0 Å².